The molecule has 0 aliphatic heterocycles. The number of pyridine rings is 1. The van der Waals surface area contributed by atoms with E-state index < -0.39 is 17.9 Å². The zero-order valence-corrected chi connectivity index (χ0v) is 8.71. The molecule has 3 N–H and O–H groups in total. The van der Waals surface area contributed by atoms with Crippen LogP contribution in [0.3, 0.4) is 0 Å². The van der Waals surface area contributed by atoms with Crippen molar-refractivity contribution in [1.29, 1.82) is 0 Å². The van der Waals surface area contributed by atoms with Gasteiger partial charge in [0, 0.05) is 6.20 Å². The molecular weight excluding hydrogens is 212 g/mol. The Morgan fingerprint density at radius 1 is 1.62 bits per heavy atom. The summed E-state index contributed by atoms with van der Waals surface area (Å²) in [7, 11) is 1.15. The Balaban J connectivity index is 2.84. The van der Waals surface area contributed by atoms with E-state index in [-0.39, 0.29) is 12.2 Å². The van der Waals surface area contributed by atoms with Gasteiger partial charge in [-0.05, 0) is 24.1 Å². The lowest BCUT2D eigenvalue weighted by Crippen LogP contribution is -2.27. The maximum atomic E-state index is 11.2. The number of carboxylic acid groups (broad SMARTS) is 1. The Labute approximate surface area is 92.0 Å². The second kappa shape index (κ2) is 5.11. The van der Waals surface area contributed by atoms with Crippen molar-refractivity contribution in [2.24, 2.45) is 5.92 Å². The van der Waals surface area contributed by atoms with Gasteiger partial charge >= 0.3 is 11.9 Å². The minimum Gasteiger partial charge on any atom is -0.481 e. The van der Waals surface area contributed by atoms with Crippen LogP contribution in [0.5, 0.6) is 0 Å². The fraction of sp³-hybridized carbons (Fsp3) is 0.300. The van der Waals surface area contributed by atoms with Gasteiger partial charge in [-0.3, -0.25) is 9.59 Å². The van der Waals surface area contributed by atoms with Crippen molar-refractivity contribution >= 4 is 17.8 Å². The highest BCUT2D eigenvalue weighted by Gasteiger charge is 2.27. The van der Waals surface area contributed by atoms with Crippen molar-refractivity contribution in [1.82, 2.24) is 4.98 Å². The summed E-state index contributed by atoms with van der Waals surface area (Å²) in [5.41, 5.74) is 6.07. The number of carboxylic acids is 1. The van der Waals surface area contributed by atoms with Crippen molar-refractivity contribution < 1.29 is 19.4 Å². The molecule has 0 amide bonds. The second-order valence-corrected chi connectivity index (χ2v) is 3.21. The predicted molar refractivity (Wildman–Crippen MR) is 55.5 cm³/mol. The molecule has 0 radical (unpaired) electrons. The summed E-state index contributed by atoms with van der Waals surface area (Å²) in [4.78, 5) is 25.8. The number of nitrogens with zero attached hydrogens (tertiary/aromatic N) is 1. The first-order valence-corrected chi connectivity index (χ1v) is 4.55. The number of nitrogen functional groups attached to an aromatic ring is 1. The standard InChI is InChI=1S/C10H12N2O4/c1-16-10(15)7(9(13)14)4-6-2-3-12-8(11)5-6/h2-3,5,7H,4H2,1H3,(H2,11,12)(H,13,14). The van der Waals surface area contributed by atoms with Crippen LogP contribution in [0.25, 0.3) is 0 Å². The zero-order chi connectivity index (χ0) is 12.1. The Bertz CT molecular complexity index is 406. The number of carbonyl (C=O) groups is 2. The summed E-state index contributed by atoms with van der Waals surface area (Å²) < 4.78 is 4.41. The number of hydrogen-bond donors (Lipinski definition) is 2. The normalized spacial score (nSPS) is 11.8. The summed E-state index contributed by atoms with van der Waals surface area (Å²) in [6.45, 7) is 0. The number of esters is 1. The molecule has 0 fully saturated rings. The molecule has 0 aliphatic carbocycles. The second-order valence-electron chi connectivity index (χ2n) is 3.21. The molecule has 0 bridgehead atoms. The number of aliphatic carboxylic acids is 1. The first-order valence-electron chi connectivity index (χ1n) is 4.55. The summed E-state index contributed by atoms with van der Waals surface area (Å²) in [6.07, 6.45) is 1.50. The van der Waals surface area contributed by atoms with Crippen LogP contribution in [0.4, 0.5) is 5.82 Å². The smallest absolute Gasteiger partial charge is 0.320 e. The molecule has 6 nitrogen and oxygen atoms in total. The highest BCUT2D eigenvalue weighted by Crippen LogP contribution is 2.12. The van der Waals surface area contributed by atoms with Gasteiger partial charge in [-0.2, -0.15) is 0 Å². The average Bonchev–Trinajstić information content (AvgIpc) is 2.24. The van der Waals surface area contributed by atoms with Crippen molar-refractivity contribution in [3.8, 4) is 0 Å². The molecule has 1 aromatic rings. The molecule has 0 aliphatic rings. The number of nitrogens with two attached hydrogens (primary N) is 1. The quantitative estimate of drug-likeness (QED) is 0.554. The molecule has 0 saturated heterocycles. The van der Waals surface area contributed by atoms with Gasteiger partial charge in [0.2, 0.25) is 0 Å². The zero-order valence-electron chi connectivity index (χ0n) is 8.71. The number of hydrogen-bond acceptors (Lipinski definition) is 5. The van der Waals surface area contributed by atoms with Crippen molar-refractivity contribution in [3.63, 3.8) is 0 Å². The molecule has 1 unspecified atom stereocenters. The first-order chi connectivity index (χ1) is 7.54. The molecule has 0 spiro atoms. The molecule has 1 heterocycles. The Morgan fingerprint density at radius 2 is 2.31 bits per heavy atom. The lowest BCUT2D eigenvalue weighted by Gasteiger charge is -2.09. The van der Waals surface area contributed by atoms with Crippen LogP contribution in [0.15, 0.2) is 18.3 Å². The van der Waals surface area contributed by atoms with E-state index >= 15 is 0 Å². The summed E-state index contributed by atoms with van der Waals surface area (Å²) in [5, 5.41) is 8.86. The van der Waals surface area contributed by atoms with E-state index in [4.69, 9.17) is 10.8 Å². The molecule has 1 atom stereocenters. The van der Waals surface area contributed by atoms with E-state index in [1.807, 2.05) is 0 Å². The van der Waals surface area contributed by atoms with Gasteiger partial charge in [0.25, 0.3) is 0 Å². The minimum atomic E-state index is -1.22. The van der Waals surface area contributed by atoms with Crippen molar-refractivity contribution in [3.05, 3.63) is 23.9 Å². The van der Waals surface area contributed by atoms with E-state index in [1.165, 1.54) is 12.3 Å². The first kappa shape index (κ1) is 12.0. The van der Waals surface area contributed by atoms with Crippen LogP contribution in [0.2, 0.25) is 0 Å². The fourth-order valence-corrected chi connectivity index (χ4v) is 1.27. The Morgan fingerprint density at radius 3 is 2.81 bits per heavy atom. The molecule has 1 rings (SSSR count). The van der Waals surface area contributed by atoms with Gasteiger partial charge in [0.15, 0.2) is 5.92 Å². The average molecular weight is 224 g/mol. The van der Waals surface area contributed by atoms with Gasteiger partial charge in [0.05, 0.1) is 7.11 Å². The number of carbonyl (C=O) groups excluding carboxylic acids is 1. The maximum Gasteiger partial charge on any atom is 0.320 e. The van der Waals surface area contributed by atoms with E-state index in [0.29, 0.717) is 5.56 Å². The maximum absolute atomic E-state index is 11.2. The highest BCUT2D eigenvalue weighted by atomic mass is 16.5. The largest absolute Gasteiger partial charge is 0.481 e. The van der Waals surface area contributed by atoms with E-state index in [0.717, 1.165) is 7.11 Å². The van der Waals surface area contributed by atoms with E-state index in [2.05, 4.69) is 9.72 Å². The van der Waals surface area contributed by atoms with Gasteiger partial charge in [-0.15, -0.1) is 0 Å². The van der Waals surface area contributed by atoms with Crippen LogP contribution in [0, 0.1) is 5.92 Å². The van der Waals surface area contributed by atoms with Gasteiger partial charge in [0.1, 0.15) is 5.82 Å². The number of rotatable bonds is 4. The third kappa shape index (κ3) is 2.94. The molecular formula is C10H12N2O4. The number of ether oxygens (including phenoxy) is 1. The van der Waals surface area contributed by atoms with Gasteiger partial charge in [-0.25, -0.2) is 4.98 Å². The van der Waals surface area contributed by atoms with Gasteiger partial charge in [-0.1, -0.05) is 0 Å². The Hall–Kier alpha value is -2.11. The van der Waals surface area contributed by atoms with Crippen molar-refractivity contribution in [2.75, 3.05) is 12.8 Å². The van der Waals surface area contributed by atoms with Crippen LogP contribution in [0.1, 0.15) is 5.56 Å². The summed E-state index contributed by atoms with van der Waals surface area (Å²) >= 11 is 0. The van der Waals surface area contributed by atoms with Crippen molar-refractivity contribution in [2.45, 2.75) is 6.42 Å². The summed E-state index contributed by atoms with van der Waals surface area (Å²) in [5.74, 6) is -2.93. The topological polar surface area (TPSA) is 103 Å². The molecule has 0 saturated carbocycles. The predicted octanol–water partition coefficient (Wildman–Crippen LogP) is 0.0801. The summed E-state index contributed by atoms with van der Waals surface area (Å²) in [6, 6.07) is 3.13. The number of methoxy groups -OCH3 is 1. The number of aromatic nitrogens is 1. The SMILES string of the molecule is COC(=O)C(Cc1ccnc(N)c1)C(=O)O. The van der Waals surface area contributed by atoms with Crippen LogP contribution >= 0.6 is 0 Å². The third-order valence-electron chi connectivity index (χ3n) is 2.07. The fourth-order valence-electron chi connectivity index (χ4n) is 1.27. The van der Waals surface area contributed by atoms with Crippen LogP contribution in [-0.2, 0) is 20.7 Å². The van der Waals surface area contributed by atoms with Crippen LogP contribution < -0.4 is 5.73 Å². The lowest BCUT2D eigenvalue weighted by atomic mass is 10.0. The lowest BCUT2D eigenvalue weighted by molar-refractivity contribution is -0.156. The molecule has 0 aromatic carbocycles. The van der Waals surface area contributed by atoms with E-state index in [1.54, 1.807) is 6.07 Å². The van der Waals surface area contributed by atoms with Gasteiger partial charge < -0.3 is 15.6 Å². The molecule has 86 valence electrons. The third-order valence-corrected chi connectivity index (χ3v) is 2.07. The molecule has 16 heavy (non-hydrogen) atoms. The van der Waals surface area contributed by atoms with Crippen LogP contribution in [-0.4, -0.2) is 29.1 Å². The minimum absolute atomic E-state index is 0.0364. The molecule has 1 aromatic heterocycles. The number of anilines is 1. The highest BCUT2D eigenvalue weighted by molar-refractivity contribution is 5.94. The monoisotopic (exact) mass is 224 g/mol. The van der Waals surface area contributed by atoms with E-state index in [9.17, 15) is 9.59 Å². The molecule has 6 heteroatoms. The Kier molecular flexibility index (Phi) is 3.82.